The van der Waals surface area contributed by atoms with Crippen molar-refractivity contribution in [2.24, 2.45) is 5.73 Å². The fourth-order valence-electron chi connectivity index (χ4n) is 1.71. The second kappa shape index (κ2) is 7.60. The molecule has 3 aromatic rings. The minimum absolute atomic E-state index is 0. The van der Waals surface area contributed by atoms with Crippen molar-refractivity contribution in [3.05, 3.63) is 75.0 Å². The number of hydrogen-bond acceptors (Lipinski definition) is 5. The lowest BCUT2D eigenvalue weighted by Crippen LogP contribution is -2.17. The van der Waals surface area contributed by atoms with E-state index < -0.39 is 17.2 Å². The van der Waals surface area contributed by atoms with E-state index in [0.29, 0.717) is 11.0 Å². The van der Waals surface area contributed by atoms with Gasteiger partial charge in [-0.25, -0.2) is 4.79 Å². The number of fused-ring (bicyclic) bond motifs is 1. The SMILES string of the molecule is C.NC(=O)c1ccccc1O.O=c1[nH]c(=O)c2ccccc2o1. The van der Waals surface area contributed by atoms with Crippen molar-refractivity contribution < 1.29 is 14.3 Å². The number of rotatable bonds is 1. The van der Waals surface area contributed by atoms with E-state index in [2.05, 4.69) is 0 Å². The Morgan fingerprint density at radius 2 is 1.65 bits per heavy atom. The van der Waals surface area contributed by atoms with Crippen molar-refractivity contribution in [3.8, 4) is 5.75 Å². The number of H-pyrrole nitrogens is 1. The number of aromatic amines is 1. The molecular formula is C16H16N2O5. The molecule has 0 aliphatic carbocycles. The minimum Gasteiger partial charge on any atom is -0.507 e. The van der Waals surface area contributed by atoms with Gasteiger partial charge in [0.1, 0.15) is 11.3 Å². The zero-order valence-corrected chi connectivity index (χ0v) is 11.3. The first-order valence-electron chi connectivity index (χ1n) is 6.19. The van der Waals surface area contributed by atoms with Crippen molar-refractivity contribution >= 4 is 16.9 Å². The maximum atomic E-state index is 11.1. The van der Waals surface area contributed by atoms with Gasteiger partial charge in [0.2, 0.25) is 0 Å². The van der Waals surface area contributed by atoms with E-state index >= 15 is 0 Å². The molecule has 1 amide bonds. The number of para-hydroxylation sites is 2. The molecule has 1 aromatic heterocycles. The van der Waals surface area contributed by atoms with E-state index in [4.69, 9.17) is 15.3 Å². The van der Waals surface area contributed by atoms with Crippen LogP contribution in [-0.4, -0.2) is 16.0 Å². The summed E-state index contributed by atoms with van der Waals surface area (Å²) in [4.78, 5) is 34.3. The maximum absolute atomic E-state index is 11.1. The molecule has 7 heteroatoms. The van der Waals surface area contributed by atoms with Gasteiger partial charge in [-0.1, -0.05) is 31.7 Å². The second-order valence-corrected chi connectivity index (χ2v) is 4.22. The van der Waals surface area contributed by atoms with E-state index in [1.54, 1.807) is 36.4 Å². The van der Waals surface area contributed by atoms with Crippen LogP contribution in [0.4, 0.5) is 0 Å². The summed E-state index contributed by atoms with van der Waals surface area (Å²) in [5, 5.41) is 9.37. The molecule has 1 heterocycles. The smallest absolute Gasteiger partial charge is 0.419 e. The van der Waals surface area contributed by atoms with Crippen LogP contribution in [-0.2, 0) is 0 Å². The van der Waals surface area contributed by atoms with Gasteiger partial charge in [0, 0.05) is 0 Å². The number of aromatic hydroxyl groups is 1. The quantitative estimate of drug-likeness (QED) is 0.628. The highest BCUT2D eigenvalue weighted by Gasteiger charge is 2.03. The van der Waals surface area contributed by atoms with Gasteiger partial charge in [0.15, 0.2) is 0 Å². The fourth-order valence-corrected chi connectivity index (χ4v) is 1.71. The van der Waals surface area contributed by atoms with Crippen LogP contribution in [0.3, 0.4) is 0 Å². The molecular weight excluding hydrogens is 300 g/mol. The highest BCUT2D eigenvalue weighted by Crippen LogP contribution is 2.13. The summed E-state index contributed by atoms with van der Waals surface area (Å²) in [7, 11) is 0. The fraction of sp³-hybridized carbons (Fsp3) is 0.0625. The molecule has 120 valence electrons. The third-order valence-electron chi connectivity index (χ3n) is 2.72. The van der Waals surface area contributed by atoms with Crippen molar-refractivity contribution in [2.75, 3.05) is 0 Å². The monoisotopic (exact) mass is 316 g/mol. The molecule has 0 spiro atoms. The largest absolute Gasteiger partial charge is 0.507 e. The average Bonchev–Trinajstić information content (AvgIpc) is 2.48. The topological polar surface area (TPSA) is 126 Å². The first-order valence-corrected chi connectivity index (χ1v) is 6.19. The highest BCUT2D eigenvalue weighted by atomic mass is 16.4. The van der Waals surface area contributed by atoms with Crippen LogP contribution in [0.5, 0.6) is 5.75 Å². The molecule has 0 aliphatic heterocycles. The average molecular weight is 316 g/mol. The summed E-state index contributed by atoms with van der Waals surface area (Å²) >= 11 is 0. The van der Waals surface area contributed by atoms with Gasteiger partial charge in [0.05, 0.1) is 10.9 Å². The zero-order chi connectivity index (χ0) is 16.1. The summed E-state index contributed by atoms with van der Waals surface area (Å²) < 4.78 is 4.73. The Hall–Kier alpha value is -3.35. The van der Waals surface area contributed by atoms with Crippen LogP contribution in [0.2, 0.25) is 0 Å². The number of carbonyl (C=O) groups excluding carboxylic acids is 1. The van der Waals surface area contributed by atoms with E-state index in [9.17, 15) is 14.4 Å². The van der Waals surface area contributed by atoms with Gasteiger partial charge < -0.3 is 15.3 Å². The molecule has 23 heavy (non-hydrogen) atoms. The van der Waals surface area contributed by atoms with Crippen molar-refractivity contribution in [1.82, 2.24) is 4.98 Å². The summed E-state index contributed by atoms with van der Waals surface area (Å²) in [6, 6.07) is 12.7. The Bertz CT molecular complexity index is 927. The van der Waals surface area contributed by atoms with Crippen molar-refractivity contribution in [2.45, 2.75) is 7.43 Å². The van der Waals surface area contributed by atoms with Crippen molar-refractivity contribution in [1.29, 1.82) is 0 Å². The molecule has 0 bridgehead atoms. The Balaban J connectivity index is 0.000000224. The molecule has 2 aromatic carbocycles. The summed E-state index contributed by atoms with van der Waals surface area (Å²) in [5.74, 6) is -1.41. The van der Waals surface area contributed by atoms with Gasteiger partial charge in [-0.3, -0.25) is 14.6 Å². The second-order valence-electron chi connectivity index (χ2n) is 4.22. The van der Waals surface area contributed by atoms with E-state index in [-0.39, 0.29) is 18.7 Å². The Kier molecular flexibility index (Phi) is 5.85. The third-order valence-corrected chi connectivity index (χ3v) is 2.72. The van der Waals surface area contributed by atoms with Crippen LogP contribution < -0.4 is 17.0 Å². The van der Waals surface area contributed by atoms with Crippen LogP contribution in [0.15, 0.2) is 62.5 Å². The Morgan fingerprint density at radius 3 is 2.26 bits per heavy atom. The predicted octanol–water partition coefficient (Wildman–Crippen LogP) is 1.61. The van der Waals surface area contributed by atoms with Gasteiger partial charge in [-0.05, 0) is 24.3 Å². The van der Waals surface area contributed by atoms with Gasteiger partial charge in [-0.2, -0.15) is 0 Å². The number of primary amides is 1. The Morgan fingerprint density at radius 1 is 1.04 bits per heavy atom. The molecule has 0 fully saturated rings. The molecule has 7 nitrogen and oxygen atoms in total. The number of amides is 1. The standard InChI is InChI=1S/C8H5NO3.C7H7NO2.CH4/c10-7-5-3-1-2-4-6(5)12-8(11)9-7;8-7(10)5-3-1-2-4-6(5)9;/h1-4H,(H,9,10,11);1-4,9H,(H2,8,10);1H4. The van der Waals surface area contributed by atoms with Crippen LogP contribution in [0, 0.1) is 0 Å². The van der Waals surface area contributed by atoms with Crippen molar-refractivity contribution in [3.63, 3.8) is 0 Å². The van der Waals surface area contributed by atoms with Crippen LogP contribution in [0.1, 0.15) is 17.8 Å². The molecule has 3 rings (SSSR count). The molecule has 0 radical (unpaired) electrons. The van der Waals surface area contributed by atoms with Gasteiger partial charge >= 0.3 is 5.76 Å². The lowest BCUT2D eigenvalue weighted by atomic mass is 10.2. The van der Waals surface area contributed by atoms with E-state index in [1.807, 2.05) is 4.98 Å². The number of nitrogens with two attached hydrogens (primary N) is 1. The highest BCUT2D eigenvalue weighted by molar-refractivity contribution is 5.95. The first-order chi connectivity index (χ1) is 10.5. The lowest BCUT2D eigenvalue weighted by molar-refractivity contribution is 0.0998. The number of benzene rings is 2. The lowest BCUT2D eigenvalue weighted by Gasteiger charge is -1.96. The number of hydrogen-bond donors (Lipinski definition) is 3. The van der Waals surface area contributed by atoms with Gasteiger partial charge in [-0.15, -0.1) is 0 Å². The summed E-state index contributed by atoms with van der Waals surface area (Å²) in [6.07, 6.45) is 0. The van der Waals surface area contributed by atoms with Crippen LogP contribution >= 0.6 is 0 Å². The molecule has 4 N–H and O–H groups in total. The summed E-state index contributed by atoms with van der Waals surface area (Å²) in [6.45, 7) is 0. The Labute approximate surface area is 131 Å². The number of carbonyl (C=O) groups is 1. The predicted molar refractivity (Wildman–Crippen MR) is 86.5 cm³/mol. The minimum atomic E-state index is -0.723. The van der Waals surface area contributed by atoms with Gasteiger partial charge in [0.25, 0.3) is 11.5 Å². The number of aromatic nitrogens is 1. The number of nitrogens with one attached hydrogen (secondary N) is 1. The third kappa shape index (κ3) is 4.31. The normalized spacial score (nSPS) is 9.39. The zero-order valence-electron chi connectivity index (χ0n) is 11.3. The summed E-state index contributed by atoms with van der Waals surface area (Å²) in [5.41, 5.74) is 4.97. The molecule has 0 saturated carbocycles. The number of phenols is 1. The van der Waals surface area contributed by atoms with Crippen LogP contribution in [0.25, 0.3) is 11.0 Å². The maximum Gasteiger partial charge on any atom is 0.419 e. The molecule has 0 saturated heterocycles. The van der Waals surface area contributed by atoms with E-state index in [1.165, 1.54) is 12.1 Å². The molecule has 0 unspecified atom stereocenters. The molecule has 0 aliphatic rings. The molecule has 0 atom stereocenters. The van der Waals surface area contributed by atoms with E-state index in [0.717, 1.165) is 0 Å². The first kappa shape index (κ1) is 17.7.